The molecule has 5 heteroatoms. The van der Waals surface area contributed by atoms with Gasteiger partial charge in [0.25, 0.3) is 0 Å². The van der Waals surface area contributed by atoms with Gasteiger partial charge in [-0.15, -0.1) is 0 Å². The van der Waals surface area contributed by atoms with Crippen molar-refractivity contribution in [1.82, 2.24) is 25.1 Å². The van der Waals surface area contributed by atoms with Crippen LogP contribution in [-0.4, -0.2) is 60.0 Å². The topological polar surface area (TPSA) is 44.3 Å². The number of aromatic nitrogens is 2. The van der Waals surface area contributed by atoms with Crippen LogP contribution in [0.1, 0.15) is 36.6 Å². The van der Waals surface area contributed by atoms with Crippen LogP contribution in [0.4, 0.5) is 0 Å². The van der Waals surface area contributed by atoms with Gasteiger partial charge >= 0.3 is 0 Å². The summed E-state index contributed by atoms with van der Waals surface area (Å²) in [7, 11) is 4.33. The van der Waals surface area contributed by atoms with Gasteiger partial charge in [-0.05, 0) is 40.1 Å². The highest BCUT2D eigenvalue weighted by Gasteiger charge is 2.26. The Bertz CT molecular complexity index is 434. The van der Waals surface area contributed by atoms with Crippen molar-refractivity contribution >= 4 is 0 Å². The van der Waals surface area contributed by atoms with E-state index >= 15 is 0 Å². The molecule has 20 heavy (non-hydrogen) atoms. The molecule has 1 N–H and O–H groups in total. The van der Waals surface area contributed by atoms with Crippen molar-refractivity contribution in [3.63, 3.8) is 0 Å². The van der Waals surface area contributed by atoms with Crippen molar-refractivity contribution in [2.45, 2.75) is 32.9 Å². The molecule has 5 nitrogen and oxygen atoms in total. The number of hydrogen-bond donors (Lipinski definition) is 1. The van der Waals surface area contributed by atoms with Crippen LogP contribution in [0.25, 0.3) is 0 Å². The fourth-order valence-corrected chi connectivity index (χ4v) is 2.58. The lowest BCUT2D eigenvalue weighted by Gasteiger charge is -2.36. The summed E-state index contributed by atoms with van der Waals surface area (Å²) >= 11 is 0. The lowest BCUT2D eigenvalue weighted by molar-refractivity contribution is 0.109. The first-order chi connectivity index (χ1) is 9.60. The second kappa shape index (κ2) is 7.11. The average Bonchev–Trinajstić information content (AvgIpc) is 2.41. The van der Waals surface area contributed by atoms with E-state index in [1.54, 1.807) is 0 Å². The molecule has 1 aliphatic rings. The number of hydrogen-bond acceptors (Lipinski definition) is 5. The van der Waals surface area contributed by atoms with Crippen molar-refractivity contribution in [1.29, 1.82) is 0 Å². The molecule has 1 saturated heterocycles. The highest BCUT2D eigenvalue weighted by atomic mass is 15.3. The molecule has 2 rings (SSSR count). The van der Waals surface area contributed by atoms with Gasteiger partial charge in [0, 0.05) is 31.9 Å². The van der Waals surface area contributed by atoms with Gasteiger partial charge in [-0.2, -0.15) is 0 Å². The van der Waals surface area contributed by atoms with Gasteiger partial charge in [-0.3, -0.25) is 4.90 Å². The lowest BCUT2D eigenvalue weighted by atomic mass is 10.1. The number of rotatable bonds is 5. The highest BCUT2D eigenvalue weighted by Crippen LogP contribution is 2.20. The van der Waals surface area contributed by atoms with Gasteiger partial charge in [0.1, 0.15) is 5.82 Å². The zero-order valence-corrected chi connectivity index (χ0v) is 13.2. The number of nitrogens with one attached hydrogen (secondary N) is 1. The van der Waals surface area contributed by atoms with E-state index in [-0.39, 0.29) is 0 Å². The van der Waals surface area contributed by atoms with Crippen LogP contribution in [0.3, 0.4) is 0 Å². The fourth-order valence-electron chi connectivity index (χ4n) is 2.58. The second-order valence-corrected chi connectivity index (χ2v) is 5.79. The van der Waals surface area contributed by atoms with Crippen molar-refractivity contribution < 1.29 is 0 Å². The van der Waals surface area contributed by atoms with E-state index in [1.165, 1.54) is 0 Å². The molecule has 2 heterocycles. The van der Waals surface area contributed by atoms with Crippen molar-refractivity contribution in [3.05, 3.63) is 23.3 Å². The first kappa shape index (κ1) is 15.4. The fraction of sp³-hybridized carbons (Fsp3) is 0.733. The first-order valence-corrected chi connectivity index (χ1v) is 7.54. The molecule has 0 aliphatic carbocycles. The Morgan fingerprint density at radius 1 is 1.30 bits per heavy atom. The summed E-state index contributed by atoms with van der Waals surface area (Å²) in [6.45, 7) is 9.28. The Kier molecular flexibility index (Phi) is 5.46. The molecule has 112 valence electrons. The number of likely N-dealkylation sites (N-methyl/N-ethyl adjacent to an activating group) is 2. The molecule has 0 bridgehead atoms. The van der Waals surface area contributed by atoms with Gasteiger partial charge in [-0.1, -0.05) is 6.92 Å². The molecule has 0 spiro atoms. The molecule has 0 amide bonds. The van der Waals surface area contributed by atoms with Crippen molar-refractivity contribution in [3.8, 4) is 0 Å². The van der Waals surface area contributed by atoms with Crippen LogP contribution < -0.4 is 5.32 Å². The van der Waals surface area contributed by atoms with E-state index in [0.29, 0.717) is 6.04 Å². The Balaban J connectivity index is 2.13. The number of piperazine rings is 1. The smallest absolute Gasteiger partial charge is 0.147 e. The monoisotopic (exact) mass is 277 g/mol. The van der Waals surface area contributed by atoms with Crippen molar-refractivity contribution in [2.24, 2.45) is 0 Å². The zero-order chi connectivity index (χ0) is 14.5. The third-order valence-electron chi connectivity index (χ3n) is 3.81. The molecular formula is C15H27N5. The predicted octanol–water partition coefficient (Wildman–Crippen LogP) is 1.20. The molecule has 1 aliphatic heterocycles. The molecule has 1 fully saturated rings. The zero-order valence-electron chi connectivity index (χ0n) is 13.2. The Hall–Kier alpha value is -1.04. The van der Waals surface area contributed by atoms with Crippen LogP contribution >= 0.6 is 0 Å². The minimum Gasteiger partial charge on any atom is -0.311 e. The Morgan fingerprint density at radius 2 is 2.10 bits per heavy atom. The average molecular weight is 277 g/mol. The van der Waals surface area contributed by atoms with Crippen molar-refractivity contribution in [2.75, 3.05) is 40.3 Å². The summed E-state index contributed by atoms with van der Waals surface area (Å²) in [4.78, 5) is 14.1. The summed E-state index contributed by atoms with van der Waals surface area (Å²) in [5.74, 6) is 0.965. The second-order valence-electron chi connectivity index (χ2n) is 5.79. The minimum atomic E-state index is 0.304. The molecule has 0 saturated carbocycles. The molecule has 0 aromatic carbocycles. The third-order valence-corrected chi connectivity index (χ3v) is 3.81. The van der Waals surface area contributed by atoms with Crippen LogP contribution in [0.2, 0.25) is 0 Å². The molecule has 1 unspecified atom stereocenters. The Morgan fingerprint density at radius 3 is 2.85 bits per heavy atom. The quantitative estimate of drug-likeness (QED) is 0.820. The normalized spacial score (nSPS) is 21.3. The first-order valence-electron chi connectivity index (χ1n) is 7.54. The molecular weight excluding hydrogens is 250 g/mol. The van der Waals surface area contributed by atoms with Crippen LogP contribution in [0.15, 0.2) is 6.07 Å². The number of nitrogens with zero attached hydrogens (tertiary/aromatic N) is 4. The maximum Gasteiger partial charge on any atom is 0.147 e. The third kappa shape index (κ3) is 3.98. The lowest BCUT2D eigenvalue weighted by Crippen LogP contribution is -2.45. The number of aryl methyl sites for hydroxylation is 1. The molecule has 0 radical (unpaired) electrons. The molecule has 1 atom stereocenters. The van der Waals surface area contributed by atoms with E-state index in [1.807, 2.05) is 0 Å². The highest BCUT2D eigenvalue weighted by molar-refractivity contribution is 5.13. The van der Waals surface area contributed by atoms with E-state index in [0.717, 1.165) is 56.4 Å². The van der Waals surface area contributed by atoms with Gasteiger partial charge in [0.2, 0.25) is 0 Å². The minimum absolute atomic E-state index is 0.304. The maximum atomic E-state index is 4.77. The molecule has 1 aromatic rings. The molecule has 1 aromatic heterocycles. The van der Waals surface area contributed by atoms with Gasteiger partial charge in [0.05, 0.1) is 11.7 Å². The van der Waals surface area contributed by atoms with Crippen LogP contribution in [-0.2, 0) is 6.54 Å². The van der Waals surface area contributed by atoms with Gasteiger partial charge < -0.3 is 10.2 Å². The SMILES string of the molecule is CCCNCc1cc(C)nc(C2CN(C)CCN2C)n1. The van der Waals surface area contributed by atoms with Gasteiger partial charge in [-0.25, -0.2) is 9.97 Å². The largest absolute Gasteiger partial charge is 0.311 e. The summed E-state index contributed by atoms with van der Waals surface area (Å²) in [5, 5.41) is 3.41. The summed E-state index contributed by atoms with van der Waals surface area (Å²) in [6.07, 6.45) is 1.15. The van der Waals surface area contributed by atoms with Crippen LogP contribution in [0.5, 0.6) is 0 Å². The maximum absolute atomic E-state index is 4.77. The van der Waals surface area contributed by atoms with Crippen LogP contribution in [0, 0.1) is 6.92 Å². The predicted molar refractivity (Wildman–Crippen MR) is 81.6 cm³/mol. The summed E-state index contributed by atoms with van der Waals surface area (Å²) < 4.78 is 0. The summed E-state index contributed by atoms with van der Waals surface area (Å²) in [5.41, 5.74) is 2.16. The van der Waals surface area contributed by atoms with Gasteiger partial charge in [0.15, 0.2) is 0 Å². The van der Waals surface area contributed by atoms with E-state index in [9.17, 15) is 0 Å². The Labute approximate surface area is 122 Å². The van der Waals surface area contributed by atoms with E-state index in [4.69, 9.17) is 4.98 Å². The standard InChI is InChI=1S/C15H27N5/c1-5-6-16-10-13-9-12(2)17-15(18-13)14-11-19(3)7-8-20(14)4/h9,14,16H,5-8,10-11H2,1-4H3. The summed E-state index contributed by atoms with van der Waals surface area (Å²) in [6, 6.07) is 2.39. The van der Waals surface area contributed by atoms with E-state index < -0.39 is 0 Å². The van der Waals surface area contributed by atoms with E-state index in [2.05, 4.69) is 54.1 Å².